The monoisotopic (exact) mass is 154 g/mol. The highest BCUT2D eigenvalue weighted by Gasteiger charge is 2.05. The molecule has 0 aliphatic rings. The highest BCUT2D eigenvalue weighted by molar-refractivity contribution is 5.37. The Morgan fingerprint density at radius 2 is 2.09 bits per heavy atom. The Morgan fingerprint density at radius 3 is 2.64 bits per heavy atom. The smallest absolute Gasteiger partial charge is 0.165 e. The molecule has 0 fully saturated rings. The molecule has 1 aromatic carbocycles. The molecular weight excluding hydrogens is 143 g/mol. The molecule has 2 heteroatoms. The third kappa shape index (κ3) is 1.50. The number of benzene rings is 1. The maximum Gasteiger partial charge on any atom is 0.165 e. The standard InChI is InChI=1S/C9H11FO/c1-3-7-4-6(2)5-8(10)9(7)11/h4-5,11H,3H2,1-2H3. The van der Waals surface area contributed by atoms with Gasteiger partial charge in [0.2, 0.25) is 0 Å². The third-order valence-electron chi connectivity index (χ3n) is 1.67. The SMILES string of the molecule is CCc1cc(C)cc(F)c1O. The lowest BCUT2D eigenvalue weighted by Gasteiger charge is -2.03. The lowest BCUT2D eigenvalue weighted by molar-refractivity contribution is 0.426. The van der Waals surface area contributed by atoms with Crippen molar-refractivity contribution in [2.45, 2.75) is 20.3 Å². The fourth-order valence-electron chi connectivity index (χ4n) is 1.08. The van der Waals surface area contributed by atoms with Crippen LogP contribution in [0.5, 0.6) is 5.75 Å². The first-order chi connectivity index (χ1) is 5.15. The van der Waals surface area contributed by atoms with Gasteiger partial charge in [0.15, 0.2) is 11.6 Å². The van der Waals surface area contributed by atoms with Gasteiger partial charge in [-0.25, -0.2) is 4.39 Å². The van der Waals surface area contributed by atoms with Crippen molar-refractivity contribution in [2.24, 2.45) is 0 Å². The second-order valence-electron chi connectivity index (χ2n) is 2.61. The zero-order chi connectivity index (χ0) is 8.43. The van der Waals surface area contributed by atoms with Gasteiger partial charge in [-0.1, -0.05) is 13.0 Å². The lowest BCUT2D eigenvalue weighted by Crippen LogP contribution is -1.87. The van der Waals surface area contributed by atoms with Crippen molar-refractivity contribution in [1.29, 1.82) is 0 Å². The summed E-state index contributed by atoms with van der Waals surface area (Å²) >= 11 is 0. The Bertz CT molecular complexity index is 269. The van der Waals surface area contributed by atoms with E-state index in [1.807, 2.05) is 13.8 Å². The summed E-state index contributed by atoms with van der Waals surface area (Å²) in [6.07, 6.45) is 0.657. The number of rotatable bonds is 1. The molecule has 0 bridgehead atoms. The van der Waals surface area contributed by atoms with Crippen LogP contribution in [0.3, 0.4) is 0 Å². The van der Waals surface area contributed by atoms with Crippen LogP contribution in [0.15, 0.2) is 12.1 Å². The summed E-state index contributed by atoms with van der Waals surface area (Å²) < 4.78 is 12.8. The van der Waals surface area contributed by atoms with Crippen molar-refractivity contribution in [3.8, 4) is 5.75 Å². The van der Waals surface area contributed by atoms with Crippen molar-refractivity contribution in [3.63, 3.8) is 0 Å². The number of phenolic OH excluding ortho intramolecular Hbond substituents is 1. The van der Waals surface area contributed by atoms with Gasteiger partial charge >= 0.3 is 0 Å². The van der Waals surface area contributed by atoms with E-state index >= 15 is 0 Å². The average molecular weight is 154 g/mol. The Kier molecular flexibility index (Phi) is 2.13. The molecule has 0 radical (unpaired) electrons. The van der Waals surface area contributed by atoms with Crippen LogP contribution >= 0.6 is 0 Å². The van der Waals surface area contributed by atoms with E-state index in [4.69, 9.17) is 5.11 Å². The summed E-state index contributed by atoms with van der Waals surface area (Å²) in [7, 11) is 0. The molecule has 1 nitrogen and oxygen atoms in total. The van der Waals surface area contributed by atoms with Crippen LogP contribution in [0, 0.1) is 12.7 Å². The van der Waals surface area contributed by atoms with E-state index in [2.05, 4.69) is 0 Å². The molecule has 0 aromatic heterocycles. The summed E-state index contributed by atoms with van der Waals surface area (Å²) in [6.45, 7) is 3.69. The summed E-state index contributed by atoms with van der Waals surface area (Å²) in [6, 6.07) is 3.12. The largest absolute Gasteiger partial charge is 0.505 e. The van der Waals surface area contributed by atoms with Gasteiger partial charge in [-0.2, -0.15) is 0 Å². The van der Waals surface area contributed by atoms with E-state index in [0.717, 1.165) is 5.56 Å². The van der Waals surface area contributed by atoms with E-state index in [9.17, 15) is 4.39 Å². The first kappa shape index (κ1) is 8.05. The molecule has 60 valence electrons. The van der Waals surface area contributed by atoms with E-state index < -0.39 is 5.82 Å². The maximum atomic E-state index is 12.8. The summed E-state index contributed by atoms with van der Waals surface area (Å²) in [5.41, 5.74) is 1.51. The third-order valence-corrected chi connectivity index (χ3v) is 1.67. The van der Waals surface area contributed by atoms with Crippen LogP contribution < -0.4 is 0 Å². The molecule has 0 atom stereocenters. The molecule has 0 spiro atoms. The molecule has 0 aliphatic carbocycles. The number of aromatic hydroxyl groups is 1. The van der Waals surface area contributed by atoms with Gasteiger partial charge in [0.05, 0.1) is 0 Å². The number of hydrogen-bond acceptors (Lipinski definition) is 1. The van der Waals surface area contributed by atoms with E-state index in [1.54, 1.807) is 6.07 Å². The van der Waals surface area contributed by atoms with E-state index in [0.29, 0.717) is 12.0 Å². The van der Waals surface area contributed by atoms with Crippen LogP contribution in [-0.4, -0.2) is 5.11 Å². The number of hydrogen-bond donors (Lipinski definition) is 1. The van der Waals surface area contributed by atoms with Crippen LogP contribution in [0.4, 0.5) is 4.39 Å². The first-order valence-electron chi connectivity index (χ1n) is 3.63. The van der Waals surface area contributed by atoms with Crippen molar-refractivity contribution in [3.05, 3.63) is 29.1 Å². The Hall–Kier alpha value is -1.05. The van der Waals surface area contributed by atoms with Gasteiger partial charge in [0, 0.05) is 0 Å². The minimum absolute atomic E-state index is 0.210. The summed E-state index contributed by atoms with van der Waals surface area (Å²) in [5.74, 6) is -0.736. The molecule has 0 saturated heterocycles. The molecular formula is C9H11FO. The molecule has 11 heavy (non-hydrogen) atoms. The van der Waals surface area contributed by atoms with E-state index in [-0.39, 0.29) is 5.75 Å². The van der Waals surface area contributed by atoms with Gasteiger partial charge in [-0.05, 0) is 30.5 Å². The van der Waals surface area contributed by atoms with Crippen molar-refractivity contribution >= 4 is 0 Å². The fourth-order valence-corrected chi connectivity index (χ4v) is 1.08. The minimum Gasteiger partial charge on any atom is -0.505 e. The van der Waals surface area contributed by atoms with Crippen molar-refractivity contribution in [1.82, 2.24) is 0 Å². The Balaban J connectivity index is 3.24. The molecule has 0 saturated carbocycles. The number of phenols is 1. The van der Waals surface area contributed by atoms with Gasteiger partial charge < -0.3 is 5.11 Å². The maximum absolute atomic E-state index is 12.8. The summed E-state index contributed by atoms with van der Waals surface area (Å²) in [5, 5.41) is 9.15. The second-order valence-corrected chi connectivity index (χ2v) is 2.61. The lowest BCUT2D eigenvalue weighted by atomic mass is 10.1. The predicted molar refractivity (Wildman–Crippen MR) is 42.2 cm³/mol. The Labute approximate surface area is 65.5 Å². The predicted octanol–water partition coefficient (Wildman–Crippen LogP) is 2.40. The average Bonchev–Trinajstić information content (AvgIpc) is 1.96. The highest BCUT2D eigenvalue weighted by Crippen LogP contribution is 2.22. The highest BCUT2D eigenvalue weighted by atomic mass is 19.1. The van der Waals surface area contributed by atoms with Crippen molar-refractivity contribution < 1.29 is 9.50 Å². The Morgan fingerprint density at radius 1 is 1.45 bits per heavy atom. The van der Waals surface area contributed by atoms with Crippen LogP contribution in [0.1, 0.15) is 18.1 Å². The van der Waals surface area contributed by atoms with Gasteiger partial charge in [-0.15, -0.1) is 0 Å². The van der Waals surface area contributed by atoms with Crippen LogP contribution in [-0.2, 0) is 6.42 Å². The normalized spacial score (nSPS) is 10.1. The minimum atomic E-state index is -0.526. The molecule has 0 amide bonds. The van der Waals surface area contributed by atoms with Crippen LogP contribution in [0.2, 0.25) is 0 Å². The van der Waals surface area contributed by atoms with Crippen molar-refractivity contribution in [2.75, 3.05) is 0 Å². The second kappa shape index (κ2) is 2.91. The van der Waals surface area contributed by atoms with E-state index in [1.165, 1.54) is 6.07 Å². The molecule has 0 aliphatic heterocycles. The molecule has 0 unspecified atom stereocenters. The quantitative estimate of drug-likeness (QED) is 0.658. The zero-order valence-corrected chi connectivity index (χ0v) is 6.69. The zero-order valence-electron chi connectivity index (χ0n) is 6.69. The molecule has 1 aromatic rings. The van der Waals surface area contributed by atoms with Crippen LogP contribution in [0.25, 0.3) is 0 Å². The molecule has 1 N–H and O–H groups in total. The molecule has 0 heterocycles. The number of halogens is 1. The topological polar surface area (TPSA) is 20.2 Å². The fraction of sp³-hybridized carbons (Fsp3) is 0.333. The van der Waals surface area contributed by atoms with Gasteiger partial charge in [0.1, 0.15) is 0 Å². The number of aryl methyl sites for hydroxylation is 2. The summed E-state index contributed by atoms with van der Waals surface area (Å²) in [4.78, 5) is 0. The van der Waals surface area contributed by atoms with Gasteiger partial charge in [-0.3, -0.25) is 0 Å². The first-order valence-corrected chi connectivity index (χ1v) is 3.63. The molecule has 1 rings (SSSR count). The van der Waals surface area contributed by atoms with Gasteiger partial charge in [0.25, 0.3) is 0 Å².